The number of H-pyrrole nitrogens is 1. The van der Waals surface area contributed by atoms with Gasteiger partial charge in [-0.15, -0.1) is 11.3 Å². The van der Waals surface area contributed by atoms with E-state index < -0.39 is 0 Å². The molecular weight excluding hydrogens is 222 g/mol. The molecule has 3 rings (SSSR count). The van der Waals surface area contributed by atoms with Crippen LogP contribution in [0.4, 0.5) is 0 Å². The lowest BCUT2D eigenvalue weighted by molar-refractivity contribution is 0.103. The summed E-state index contributed by atoms with van der Waals surface area (Å²) in [5.41, 5.74) is 1.03. The predicted octanol–water partition coefficient (Wildman–Crippen LogP) is 2.25. The van der Waals surface area contributed by atoms with Gasteiger partial charge in [0.25, 0.3) is 0 Å². The highest BCUT2D eigenvalue weighted by atomic mass is 32.1. The molecule has 0 atom stereocenters. The summed E-state index contributed by atoms with van der Waals surface area (Å²) >= 11 is 1.56. The van der Waals surface area contributed by atoms with E-state index in [4.69, 9.17) is 0 Å². The van der Waals surface area contributed by atoms with Crippen LogP contribution in [0.25, 0.3) is 10.1 Å². The van der Waals surface area contributed by atoms with E-state index in [9.17, 15) is 4.79 Å². The minimum absolute atomic E-state index is 0.0956. The van der Waals surface area contributed by atoms with Gasteiger partial charge in [0.1, 0.15) is 0 Å². The second-order valence-corrected chi connectivity index (χ2v) is 4.25. The summed E-state index contributed by atoms with van der Waals surface area (Å²) in [6, 6.07) is 7.68. The van der Waals surface area contributed by atoms with Crippen molar-refractivity contribution in [3.63, 3.8) is 0 Å². The lowest BCUT2D eigenvalue weighted by Gasteiger charge is -1.98. The second kappa shape index (κ2) is 3.53. The fourth-order valence-electron chi connectivity index (χ4n) is 1.62. The zero-order valence-electron chi connectivity index (χ0n) is 8.18. The van der Waals surface area contributed by atoms with E-state index in [0.717, 1.165) is 10.1 Å². The van der Waals surface area contributed by atoms with E-state index in [0.29, 0.717) is 11.3 Å². The zero-order chi connectivity index (χ0) is 11.0. The van der Waals surface area contributed by atoms with Crippen LogP contribution < -0.4 is 0 Å². The Morgan fingerprint density at radius 1 is 1.31 bits per heavy atom. The van der Waals surface area contributed by atoms with E-state index in [1.807, 2.05) is 29.6 Å². The first-order valence-electron chi connectivity index (χ1n) is 4.73. The maximum Gasteiger partial charge on any atom is 0.216 e. The SMILES string of the molecule is O=C(c1cn[nH]n1)c1cccc2ccsc12. The van der Waals surface area contributed by atoms with Crippen LogP contribution in [0.1, 0.15) is 16.1 Å². The van der Waals surface area contributed by atoms with Gasteiger partial charge in [-0.25, -0.2) is 0 Å². The third kappa shape index (κ3) is 1.33. The van der Waals surface area contributed by atoms with Crippen LogP contribution in [-0.2, 0) is 0 Å². The molecule has 0 bridgehead atoms. The molecule has 0 saturated carbocycles. The van der Waals surface area contributed by atoms with Crippen molar-refractivity contribution in [2.24, 2.45) is 0 Å². The summed E-state index contributed by atoms with van der Waals surface area (Å²) in [5, 5.41) is 12.9. The van der Waals surface area contributed by atoms with Crippen LogP contribution in [0, 0.1) is 0 Å². The molecule has 16 heavy (non-hydrogen) atoms. The highest BCUT2D eigenvalue weighted by Crippen LogP contribution is 2.25. The Hall–Kier alpha value is -2.01. The summed E-state index contributed by atoms with van der Waals surface area (Å²) in [5.74, 6) is -0.0956. The summed E-state index contributed by atoms with van der Waals surface area (Å²) in [7, 11) is 0. The van der Waals surface area contributed by atoms with Crippen LogP contribution in [0.3, 0.4) is 0 Å². The summed E-state index contributed by atoms with van der Waals surface area (Å²) in [4.78, 5) is 12.1. The van der Waals surface area contributed by atoms with Crippen molar-refractivity contribution in [2.45, 2.75) is 0 Å². The third-order valence-corrected chi connectivity index (χ3v) is 3.33. The molecule has 3 aromatic rings. The molecular formula is C11H7N3OS. The number of benzene rings is 1. The quantitative estimate of drug-likeness (QED) is 0.685. The number of hydrogen-bond acceptors (Lipinski definition) is 4. The molecule has 5 heteroatoms. The molecule has 0 saturated heterocycles. The van der Waals surface area contributed by atoms with E-state index in [-0.39, 0.29) is 5.78 Å². The first kappa shape index (κ1) is 9.23. The molecule has 78 valence electrons. The Bertz CT molecular complexity index is 642. The van der Waals surface area contributed by atoms with Gasteiger partial charge in [0, 0.05) is 10.3 Å². The zero-order valence-corrected chi connectivity index (χ0v) is 8.99. The Kier molecular flexibility index (Phi) is 2.04. The molecule has 0 unspecified atom stereocenters. The highest BCUT2D eigenvalue weighted by molar-refractivity contribution is 7.17. The number of carbonyl (C=O) groups is 1. The van der Waals surface area contributed by atoms with Crippen LogP contribution in [-0.4, -0.2) is 21.2 Å². The predicted molar refractivity (Wildman–Crippen MR) is 61.6 cm³/mol. The number of aromatic nitrogens is 3. The van der Waals surface area contributed by atoms with Crippen molar-refractivity contribution in [3.05, 3.63) is 47.1 Å². The van der Waals surface area contributed by atoms with Gasteiger partial charge in [0.2, 0.25) is 5.78 Å². The molecule has 1 aromatic carbocycles. The standard InChI is InChI=1S/C11H7N3OS/c15-10(9-6-12-14-13-9)8-3-1-2-7-4-5-16-11(7)8/h1-6H,(H,12,13,14). The first-order valence-corrected chi connectivity index (χ1v) is 5.61. The smallest absolute Gasteiger partial charge is 0.216 e. The van der Waals surface area contributed by atoms with Gasteiger partial charge in [-0.05, 0) is 22.9 Å². The second-order valence-electron chi connectivity index (χ2n) is 3.33. The highest BCUT2D eigenvalue weighted by Gasteiger charge is 2.15. The topological polar surface area (TPSA) is 58.6 Å². The number of carbonyl (C=O) groups excluding carboxylic acids is 1. The Morgan fingerprint density at radius 3 is 3.06 bits per heavy atom. The minimum Gasteiger partial charge on any atom is -0.287 e. The van der Waals surface area contributed by atoms with Crippen molar-refractivity contribution in [1.82, 2.24) is 15.4 Å². The molecule has 0 aliphatic rings. The average Bonchev–Trinajstić information content (AvgIpc) is 2.98. The number of nitrogens with zero attached hydrogens (tertiary/aromatic N) is 2. The van der Waals surface area contributed by atoms with Gasteiger partial charge in [-0.3, -0.25) is 4.79 Å². The summed E-state index contributed by atoms with van der Waals surface area (Å²) in [6.45, 7) is 0. The van der Waals surface area contributed by atoms with Gasteiger partial charge < -0.3 is 0 Å². The fourth-order valence-corrected chi connectivity index (χ4v) is 2.53. The van der Waals surface area contributed by atoms with Crippen molar-refractivity contribution in [3.8, 4) is 0 Å². The van der Waals surface area contributed by atoms with Crippen molar-refractivity contribution in [1.29, 1.82) is 0 Å². The summed E-state index contributed by atoms with van der Waals surface area (Å²) < 4.78 is 0.996. The number of hydrogen-bond donors (Lipinski definition) is 1. The Labute approximate surface area is 94.9 Å². The maximum atomic E-state index is 12.1. The third-order valence-electron chi connectivity index (χ3n) is 2.37. The van der Waals surface area contributed by atoms with Crippen LogP contribution in [0.2, 0.25) is 0 Å². The number of ketones is 1. The minimum atomic E-state index is -0.0956. The van der Waals surface area contributed by atoms with Gasteiger partial charge in [0.15, 0.2) is 5.69 Å². The molecule has 2 heterocycles. The molecule has 1 N–H and O–H groups in total. The van der Waals surface area contributed by atoms with Crippen LogP contribution >= 0.6 is 11.3 Å². The number of thiophene rings is 1. The average molecular weight is 229 g/mol. The number of aromatic amines is 1. The van der Waals surface area contributed by atoms with Gasteiger partial charge in [-0.1, -0.05) is 12.1 Å². The molecule has 0 radical (unpaired) electrons. The van der Waals surface area contributed by atoms with E-state index in [1.54, 1.807) is 11.3 Å². The number of rotatable bonds is 2. The van der Waals surface area contributed by atoms with Gasteiger partial charge in [0.05, 0.1) is 6.20 Å². The molecule has 0 spiro atoms. The summed E-state index contributed by atoms with van der Waals surface area (Å²) in [6.07, 6.45) is 1.44. The van der Waals surface area contributed by atoms with Gasteiger partial charge >= 0.3 is 0 Å². The van der Waals surface area contributed by atoms with E-state index in [2.05, 4.69) is 15.4 Å². The van der Waals surface area contributed by atoms with Crippen LogP contribution in [0.5, 0.6) is 0 Å². The first-order chi connectivity index (χ1) is 7.86. The van der Waals surface area contributed by atoms with Crippen molar-refractivity contribution in [2.75, 3.05) is 0 Å². The van der Waals surface area contributed by atoms with Gasteiger partial charge in [-0.2, -0.15) is 15.4 Å². The lowest BCUT2D eigenvalue weighted by Crippen LogP contribution is -2.01. The van der Waals surface area contributed by atoms with E-state index >= 15 is 0 Å². The lowest BCUT2D eigenvalue weighted by atomic mass is 10.1. The number of nitrogens with one attached hydrogen (secondary N) is 1. The molecule has 4 nitrogen and oxygen atoms in total. The monoisotopic (exact) mass is 229 g/mol. The normalized spacial score (nSPS) is 10.8. The molecule has 0 amide bonds. The molecule has 2 aromatic heterocycles. The number of fused-ring (bicyclic) bond motifs is 1. The van der Waals surface area contributed by atoms with E-state index in [1.165, 1.54) is 6.20 Å². The molecule has 0 fully saturated rings. The van der Waals surface area contributed by atoms with Crippen LogP contribution in [0.15, 0.2) is 35.8 Å². The molecule has 0 aliphatic carbocycles. The molecule has 0 aliphatic heterocycles. The Morgan fingerprint density at radius 2 is 2.25 bits per heavy atom. The maximum absolute atomic E-state index is 12.1. The fraction of sp³-hybridized carbons (Fsp3) is 0. The van der Waals surface area contributed by atoms with Crippen molar-refractivity contribution < 1.29 is 4.79 Å². The Balaban J connectivity index is 2.19. The van der Waals surface area contributed by atoms with Crippen molar-refractivity contribution >= 4 is 27.2 Å². The largest absolute Gasteiger partial charge is 0.287 e.